The van der Waals surface area contributed by atoms with E-state index in [-0.39, 0.29) is 35.8 Å². The maximum Gasteiger partial charge on any atom is 0.331 e. The van der Waals surface area contributed by atoms with Crippen LogP contribution in [-0.4, -0.2) is 127 Å². The molecule has 13 atom stereocenters. The number of rotatable bonds is 20. The van der Waals surface area contributed by atoms with Gasteiger partial charge < -0.3 is 69.3 Å². The van der Waals surface area contributed by atoms with Crippen LogP contribution in [0.3, 0.4) is 0 Å². The average molecular weight is 823 g/mol. The zero-order chi connectivity index (χ0) is 42.6. The third-order valence-electron chi connectivity index (χ3n) is 10.9. The molecular formula is C42H62O16. The first-order chi connectivity index (χ1) is 27.7. The molecule has 3 aliphatic heterocycles. The number of unbranched alkanes of at least 4 members (excludes halogenated alkanes) is 2. The lowest BCUT2D eigenvalue weighted by molar-refractivity contribution is -0.395. The number of aliphatic hydroxyl groups excluding tert-OH is 6. The zero-order valence-electron chi connectivity index (χ0n) is 33.7. The van der Waals surface area contributed by atoms with Gasteiger partial charge in [0.1, 0.15) is 54.7 Å². The predicted octanol–water partition coefficient (Wildman–Crippen LogP) is 2.64. The topological polar surface area (TPSA) is 251 Å². The number of allylic oxidation sites excluding steroid dienone is 4. The van der Waals surface area contributed by atoms with E-state index in [9.17, 15) is 50.4 Å². The number of carbonyl (C=O) groups is 2. The summed E-state index contributed by atoms with van der Waals surface area (Å²) in [4.78, 5) is 25.5. The first-order valence-electron chi connectivity index (χ1n) is 20.2. The van der Waals surface area contributed by atoms with Gasteiger partial charge in [-0.25, -0.2) is 4.79 Å². The number of aliphatic hydroxyl groups is 6. The van der Waals surface area contributed by atoms with E-state index in [0.29, 0.717) is 18.8 Å². The minimum Gasteiger partial charge on any atom is -0.508 e. The summed E-state index contributed by atoms with van der Waals surface area (Å²) in [5.41, 5.74) is 0.138. The molecule has 2 saturated heterocycles. The van der Waals surface area contributed by atoms with E-state index in [4.69, 9.17) is 28.4 Å². The van der Waals surface area contributed by atoms with Crippen molar-refractivity contribution in [2.45, 2.75) is 153 Å². The summed E-state index contributed by atoms with van der Waals surface area (Å²) in [6, 6.07) is 2.28. The van der Waals surface area contributed by atoms with Crippen LogP contribution in [0.15, 0.2) is 48.6 Å². The molecular weight excluding hydrogens is 760 g/mol. The minimum absolute atomic E-state index is 0.0489. The van der Waals surface area contributed by atoms with Crippen molar-refractivity contribution in [3.8, 4) is 11.5 Å². The Kier molecular flexibility index (Phi) is 18.1. The second-order valence-corrected chi connectivity index (χ2v) is 15.4. The standard InChI is InChI=1S/C42H62O16/c1-5-7-17-32(47)53-23-31-35(49)36(50)37(51)41(55-31)57-38-30(21-43)58-42(34-26(22-54-42)19-27(44)20-29(34)46)40(52)39(38)56-33(48)18-13-9-12-16-28(45)25(4)15-11-8-10-14-24(3)6-2/h9-10,12-14,18-20,24-25,28,30-31,35-41,43-46,49-52H,5-8,11,15-17,21-23H2,1-4H3/b12-9+,14-10+,18-13+/t24?,25?,28?,30-,31-,35+,36+,37-,38-,39+,40-,41+,42?/m1/s1. The highest BCUT2D eigenvalue weighted by atomic mass is 16.8. The van der Waals surface area contributed by atoms with E-state index < -0.39 is 97.9 Å². The number of phenols is 2. The molecule has 58 heavy (non-hydrogen) atoms. The fourth-order valence-electron chi connectivity index (χ4n) is 7.12. The highest BCUT2D eigenvalue weighted by Crippen LogP contribution is 2.51. The van der Waals surface area contributed by atoms with E-state index in [1.807, 2.05) is 13.8 Å². The average Bonchev–Trinajstić information content (AvgIpc) is 3.57. The van der Waals surface area contributed by atoms with Crippen molar-refractivity contribution in [2.75, 3.05) is 13.2 Å². The Morgan fingerprint density at radius 3 is 2.45 bits per heavy atom. The van der Waals surface area contributed by atoms with Gasteiger partial charge in [0.2, 0.25) is 5.79 Å². The number of benzene rings is 1. The Morgan fingerprint density at radius 1 is 0.983 bits per heavy atom. The van der Waals surface area contributed by atoms with E-state index in [0.717, 1.165) is 44.2 Å². The molecule has 0 aliphatic carbocycles. The van der Waals surface area contributed by atoms with Crippen LogP contribution in [0, 0.1) is 11.8 Å². The third kappa shape index (κ3) is 11.9. The van der Waals surface area contributed by atoms with Crippen LogP contribution in [0.1, 0.15) is 90.2 Å². The SMILES string of the molecule is CCCCC(=O)OC[C@H]1O[C@@H](O[C@H]2[C@H](OC(=O)/C=C/C=C/CC(O)C(C)CCC/C=C/C(C)CC)[C@@H](O)C3(OCc4cc(O)cc(O)c43)O[C@@H]2CO)[C@H](O)[C@@H](O)[C@H]1O. The fourth-order valence-corrected chi connectivity index (χ4v) is 7.12. The number of phenolic OH excluding ortho intramolecular Hbond substituents is 2. The number of carbonyl (C=O) groups excluding carboxylic acids is 2. The van der Waals surface area contributed by atoms with Crippen LogP contribution < -0.4 is 0 Å². The van der Waals surface area contributed by atoms with Gasteiger partial charge in [-0.15, -0.1) is 0 Å². The monoisotopic (exact) mass is 822 g/mol. The zero-order valence-corrected chi connectivity index (χ0v) is 33.7. The summed E-state index contributed by atoms with van der Waals surface area (Å²) in [5, 5.41) is 86.3. The minimum atomic E-state index is -2.25. The maximum absolute atomic E-state index is 13.3. The number of hydrogen-bond acceptors (Lipinski definition) is 16. The molecule has 16 nitrogen and oxygen atoms in total. The van der Waals surface area contributed by atoms with E-state index in [2.05, 4.69) is 26.0 Å². The lowest BCUT2D eigenvalue weighted by Crippen LogP contribution is -2.67. The lowest BCUT2D eigenvalue weighted by atomic mass is 9.86. The highest BCUT2D eigenvalue weighted by molar-refractivity contribution is 5.82. The molecule has 3 heterocycles. The van der Waals surface area contributed by atoms with Crippen molar-refractivity contribution in [3.63, 3.8) is 0 Å². The molecule has 2 fully saturated rings. The van der Waals surface area contributed by atoms with Crippen molar-refractivity contribution >= 4 is 11.9 Å². The van der Waals surface area contributed by atoms with Crippen LogP contribution in [0.2, 0.25) is 0 Å². The molecule has 0 aromatic heterocycles. The van der Waals surface area contributed by atoms with Gasteiger partial charge in [-0.05, 0) is 55.6 Å². The molecule has 0 radical (unpaired) electrons. The summed E-state index contributed by atoms with van der Waals surface area (Å²) < 4.78 is 34.6. The van der Waals surface area contributed by atoms with Gasteiger partial charge in [0.05, 0.1) is 24.9 Å². The summed E-state index contributed by atoms with van der Waals surface area (Å²) in [6.07, 6.45) is -0.622. The Bertz CT molecular complexity index is 1560. The molecule has 1 spiro atoms. The largest absolute Gasteiger partial charge is 0.508 e. The second kappa shape index (κ2) is 22.3. The lowest BCUT2D eigenvalue weighted by Gasteiger charge is -2.50. The number of hydrogen-bond donors (Lipinski definition) is 8. The van der Waals surface area contributed by atoms with Crippen LogP contribution in [0.5, 0.6) is 11.5 Å². The van der Waals surface area contributed by atoms with E-state index in [1.54, 1.807) is 12.2 Å². The van der Waals surface area contributed by atoms with Crippen molar-refractivity contribution in [3.05, 3.63) is 59.7 Å². The maximum atomic E-state index is 13.3. The molecule has 1 aromatic carbocycles. The third-order valence-corrected chi connectivity index (χ3v) is 10.9. The molecule has 326 valence electrons. The van der Waals surface area contributed by atoms with Crippen LogP contribution in [-0.2, 0) is 50.4 Å². The van der Waals surface area contributed by atoms with Crippen LogP contribution >= 0.6 is 0 Å². The molecule has 3 aliphatic rings. The molecule has 4 unspecified atom stereocenters. The highest BCUT2D eigenvalue weighted by Gasteiger charge is 2.63. The van der Waals surface area contributed by atoms with Gasteiger partial charge in [-0.3, -0.25) is 4.79 Å². The van der Waals surface area contributed by atoms with E-state index >= 15 is 0 Å². The smallest absolute Gasteiger partial charge is 0.331 e. The molecule has 1 aromatic rings. The predicted molar refractivity (Wildman–Crippen MR) is 207 cm³/mol. The van der Waals surface area contributed by atoms with Crippen molar-refractivity contribution in [2.24, 2.45) is 11.8 Å². The summed E-state index contributed by atoms with van der Waals surface area (Å²) in [5.74, 6) is -4.05. The van der Waals surface area contributed by atoms with Crippen LogP contribution in [0.4, 0.5) is 0 Å². The first-order valence-corrected chi connectivity index (χ1v) is 20.2. The summed E-state index contributed by atoms with van der Waals surface area (Å²) in [6.45, 7) is 6.55. The fraction of sp³-hybridized carbons (Fsp3) is 0.667. The number of fused-ring (bicyclic) bond motifs is 2. The molecule has 4 rings (SSSR count). The summed E-state index contributed by atoms with van der Waals surface area (Å²) >= 11 is 0. The molecule has 0 saturated carbocycles. The normalized spacial score (nSPS) is 31.5. The van der Waals surface area contributed by atoms with Gasteiger partial charge in [0.25, 0.3) is 0 Å². The summed E-state index contributed by atoms with van der Waals surface area (Å²) in [7, 11) is 0. The van der Waals surface area contributed by atoms with Crippen molar-refractivity contribution in [1.29, 1.82) is 0 Å². The van der Waals surface area contributed by atoms with Crippen LogP contribution in [0.25, 0.3) is 0 Å². The molecule has 0 amide bonds. The Hall–Kier alpha value is -3.42. The van der Waals surface area contributed by atoms with Crippen molar-refractivity contribution < 1.29 is 78.9 Å². The van der Waals surface area contributed by atoms with Gasteiger partial charge in [-0.2, -0.15) is 0 Å². The quantitative estimate of drug-likeness (QED) is 0.0310. The Balaban J connectivity index is 1.51. The molecule has 16 heteroatoms. The van der Waals surface area contributed by atoms with E-state index in [1.165, 1.54) is 12.1 Å². The van der Waals surface area contributed by atoms with Gasteiger partial charge in [0, 0.05) is 18.6 Å². The number of esters is 2. The van der Waals surface area contributed by atoms with Gasteiger partial charge in [0.15, 0.2) is 18.5 Å². The molecule has 8 N–H and O–H groups in total. The van der Waals surface area contributed by atoms with Gasteiger partial charge >= 0.3 is 11.9 Å². The Labute approximate surface area is 339 Å². The van der Waals surface area contributed by atoms with Gasteiger partial charge in [-0.1, -0.05) is 70.9 Å². The molecule has 0 bridgehead atoms. The number of ether oxygens (including phenoxy) is 6. The Morgan fingerprint density at radius 2 is 1.74 bits per heavy atom. The first kappa shape index (κ1) is 47.3. The second-order valence-electron chi connectivity index (χ2n) is 15.4. The van der Waals surface area contributed by atoms with Crippen molar-refractivity contribution in [1.82, 2.24) is 0 Å². The number of aromatic hydroxyl groups is 2.